The maximum absolute atomic E-state index is 5.48. The summed E-state index contributed by atoms with van der Waals surface area (Å²) in [5.74, 6) is 3.00. The Morgan fingerprint density at radius 3 is 2.68 bits per heavy atom. The van der Waals surface area contributed by atoms with E-state index in [1.807, 2.05) is 36.5 Å². The molecule has 4 aromatic rings. The molecule has 4 heterocycles. The number of aromatic amines is 1. The summed E-state index contributed by atoms with van der Waals surface area (Å²) in [5, 5.41) is 15.2. The van der Waals surface area contributed by atoms with E-state index in [0.29, 0.717) is 43.4 Å². The zero-order chi connectivity index (χ0) is 21.2. The molecule has 31 heavy (non-hydrogen) atoms. The first-order valence-corrected chi connectivity index (χ1v) is 10.5. The van der Waals surface area contributed by atoms with Crippen LogP contribution in [0, 0.1) is 0 Å². The highest BCUT2D eigenvalue weighted by atomic mass is 16.5. The van der Waals surface area contributed by atoms with Gasteiger partial charge in [0.1, 0.15) is 5.82 Å². The van der Waals surface area contributed by atoms with Gasteiger partial charge in [0.2, 0.25) is 11.9 Å². The summed E-state index contributed by atoms with van der Waals surface area (Å²) < 4.78 is 7.24. The molecule has 1 aliphatic rings. The van der Waals surface area contributed by atoms with Gasteiger partial charge >= 0.3 is 0 Å². The van der Waals surface area contributed by atoms with Crippen LogP contribution in [0.3, 0.4) is 0 Å². The van der Waals surface area contributed by atoms with Crippen LogP contribution in [0.4, 0.5) is 11.9 Å². The number of nitrogens with one attached hydrogen (secondary N) is 2. The van der Waals surface area contributed by atoms with E-state index in [4.69, 9.17) is 14.7 Å². The van der Waals surface area contributed by atoms with Crippen molar-refractivity contribution in [3.05, 3.63) is 47.9 Å². The lowest BCUT2D eigenvalue weighted by atomic mass is 10.1. The molecule has 3 aromatic heterocycles. The quantitative estimate of drug-likeness (QED) is 0.491. The number of anilines is 2. The van der Waals surface area contributed by atoms with Crippen LogP contribution in [-0.2, 0) is 11.3 Å². The molecule has 1 aromatic carbocycles. The molecule has 0 unspecified atom stereocenters. The van der Waals surface area contributed by atoms with Gasteiger partial charge in [-0.3, -0.25) is 5.10 Å². The number of hydrogen-bond acceptors (Lipinski definition) is 8. The highest BCUT2D eigenvalue weighted by molar-refractivity contribution is 5.57. The number of aromatic nitrogens is 7. The van der Waals surface area contributed by atoms with Crippen molar-refractivity contribution in [1.29, 1.82) is 0 Å². The summed E-state index contributed by atoms with van der Waals surface area (Å²) in [4.78, 5) is 16.3. The van der Waals surface area contributed by atoms with E-state index in [9.17, 15) is 0 Å². The maximum Gasteiger partial charge on any atom is 0.230 e. The van der Waals surface area contributed by atoms with E-state index in [1.165, 1.54) is 0 Å². The molecular formula is C21H25N9O. The van der Waals surface area contributed by atoms with Crippen molar-refractivity contribution < 1.29 is 4.74 Å². The van der Waals surface area contributed by atoms with E-state index in [-0.39, 0.29) is 0 Å². The first-order chi connectivity index (χ1) is 15.2. The Bertz CT molecular complexity index is 1160. The second-order valence-corrected chi connectivity index (χ2v) is 7.76. The third-order valence-corrected chi connectivity index (χ3v) is 5.28. The minimum Gasteiger partial charge on any atom is -0.378 e. The van der Waals surface area contributed by atoms with Gasteiger partial charge in [0.25, 0.3) is 0 Å². The van der Waals surface area contributed by atoms with Crippen molar-refractivity contribution in [3.63, 3.8) is 0 Å². The molecule has 1 saturated heterocycles. The lowest BCUT2D eigenvalue weighted by Crippen LogP contribution is -2.37. The number of ether oxygens (including phenoxy) is 1. The predicted molar refractivity (Wildman–Crippen MR) is 117 cm³/mol. The SMILES string of the molecule is CC(C)c1cnn2c(NCc3nc(-c4ccccc4)n[nH]3)nc(N3CCOCC3)nc12. The smallest absolute Gasteiger partial charge is 0.230 e. The molecule has 2 N–H and O–H groups in total. The summed E-state index contributed by atoms with van der Waals surface area (Å²) in [6.07, 6.45) is 1.87. The zero-order valence-electron chi connectivity index (χ0n) is 17.6. The van der Waals surface area contributed by atoms with Gasteiger partial charge in [-0.1, -0.05) is 44.2 Å². The van der Waals surface area contributed by atoms with E-state index in [2.05, 4.69) is 44.3 Å². The van der Waals surface area contributed by atoms with Crippen LogP contribution in [0.5, 0.6) is 0 Å². The van der Waals surface area contributed by atoms with Gasteiger partial charge in [-0.05, 0) is 5.92 Å². The Morgan fingerprint density at radius 2 is 1.90 bits per heavy atom. The Morgan fingerprint density at radius 1 is 1.10 bits per heavy atom. The van der Waals surface area contributed by atoms with Gasteiger partial charge in [-0.25, -0.2) is 4.98 Å². The minimum atomic E-state index is 0.306. The Labute approximate surface area is 179 Å². The van der Waals surface area contributed by atoms with Crippen molar-refractivity contribution in [3.8, 4) is 11.4 Å². The molecule has 1 fully saturated rings. The minimum absolute atomic E-state index is 0.306. The maximum atomic E-state index is 5.48. The lowest BCUT2D eigenvalue weighted by molar-refractivity contribution is 0.122. The Kier molecular flexibility index (Phi) is 5.21. The van der Waals surface area contributed by atoms with E-state index < -0.39 is 0 Å². The van der Waals surface area contributed by atoms with Crippen LogP contribution >= 0.6 is 0 Å². The fraction of sp³-hybridized carbons (Fsp3) is 0.381. The highest BCUT2D eigenvalue weighted by Crippen LogP contribution is 2.24. The lowest BCUT2D eigenvalue weighted by Gasteiger charge is -2.27. The molecule has 0 aliphatic carbocycles. The predicted octanol–water partition coefficient (Wildman–Crippen LogP) is 2.48. The molecule has 0 atom stereocenters. The number of H-pyrrole nitrogens is 1. The summed E-state index contributed by atoms with van der Waals surface area (Å²) in [6.45, 7) is 7.60. The fourth-order valence-electron chi connectivity index (χ4n) is 3.56. The monoisotopic (exact) mass is 419 g/mol. The van der Waals surface area contributed by atoms with Crippen LogP contribution in [0.2, 0.25) is 0 Å². The van der Waals surface area contributed by atoms with E-state index in [1.54, 1.807) is 4.52 Å². The zero-order valence-corrected chi connectivity index (χ0v) is 17.6. The van der Waals surface area contributed by atoms with Crippen LogP contribution in [0.25, 0.3) is 17.0 Å². The molecule has 10 nitrogen and oxygen atoms in total. The summed E-state index contributed by atoms with van der Waals surface area (Å²) in [6, 6.07) is 9.89. The number of nitrogens with zero attached hydrogens (tertiary/aromatic N) is 7. The summed E-state index contributed by atoms with van der Waals surface area (Å²) in [7, 11) is 0. The number of hydrogen-bond donors (Lipinski definition) is 2. The molecule has 0 amide bonds. The van der Waals surface area contributed by atoms with Gasteiger partial charge in [0.05, 0.1) is 26.0 Å². The first kappa shape index (κ1) is 19.4. The Hall–Kier alpha value is -3.53. The van der Waals surface area contributed by atoms with Crippen molar-refractivity contribution >= 4 is 17.5 Å². The van der Waals surface area contributed by atoms with Gasteiger partial charge in [-0.2, -0.15) is 24.7 Å². The molecule has 5 rings (SSSR count). The topological polar surface area (TPSA) is 109 Å². The van der Waals surface area contributed by atoms with Gasteiger partial charge in [0.15, 0.2) is 11.5 Å². The highest BCUT2D eigenvalue weighted by Gasteiger charge is 2.20. The molecule has 160 valence electrons. The molecule has 10 heteroatoms. The Balaban J connectivity index is 1.44. The van der Waals surface area contributed by atoms with Crippen LogP contribution < -0.4 is 10.2 Å². The van der Waals surface area contributed by atoms with Crippen LogP contribution in [-0.4, -0.2) is 61.1 Å². The largest absolute Gasteiger partial charge is 0.378 e. The van der Waals surface area contributed by atoms with Crippen LogP contribution in [0.1, 0.15) is 31.2 Å². The third-order valence-electron chi connectivity index (χ3n) is 5.28. The standard InChI is InChI=1S/C21H25N9O/c1-14(2)16-12-23-30-19(16)25-21(29-8-10-31-11-9-29)26-20(30)22-13-17-24-18(28-27-17)15-6-4-3-5-7-15/h3-7,12,14H,8-11,13H2,1-2H3,(H,22,25,26)(H,24,27,28). The third kappa shape index (κ3) is 3.93. The molecular weight excluding hydrogens is 394 g/mol. The molecule has 0 radical (unpaired) electrons. The molecule has 0 bridgehead atoms. The molecule has 0 saturated carbocycles. The fourth-order valence-corrected chi connectivity index (χ4v) is 3.56. The van der Waals surface area contributed by atoms with Gasteiger partial charge < -0.3 is 15.0 Å². The normalized spacial score (nSPS) is 14.5. The van der Waals surface area contributed by atoms with Gasteiger partial charge in [0, 0.05) is 24.2 Å². The van der Waals surface area contributed by atoms with E-state index in [0.717, 1.165) is 35.7 Å². The number of rotatable bonds is 6. The number of benzene rings is 1. The average Bonchev–Trinajstić information content (AvgIpc) is 3.46. The van der Waals surface area contributed by atoms with Crippen molar-refractivity contribution in [2.45, 2.75) is 26.3 Å². The van der Waals surface area contributed by atoms with Crippen molar-refractivity contribution in [2.75, 3.05) is 36.5 Å². The van der Waals surface area contributed by atoms with Gasteiger partial charge in [-0.15, -0.1) is 0 Å². The second-order valence-electron chi connectivity index (χ2n) is 7.76. The average molecular weight is 419 g/mol. The van der Waals surface area contributed by atoms with Crippen molar-refractivity contribution in [2.24, 2.45) is 0 Å². The molecule has 1 aliphatic heterocycles. The summed E-state index contributed by atoms with van der Waals surface area (Å²) >= 11 is 0. The van der Waals surface area contributed by atoms with Crippen LogP contribution in [0.15, 0.2) is 36.5 Å². The first-order valence-electron chi connectivity index (χ1n) is 10.5. The summed E-state index contributed by atoms with van der Waals surface area (Å²) in [5.41, 5.74) is 2.88. The second kappa shape index (κ2) is 8.31. The van der Waals surface area contributed by atoms with E-state index >= 15 is 0 Å². The number of fused-ring (bicyclic) bond motifs is 1. The number of morpholine rings is 1. The molecule has 0 spiro atoms. The van der Waals surface area contributed by atoms with Crippen molar-refractivity contribution in [1.82, 2.24) is 34.8 Å².